The molecular weight excluding hydrogens is 380 g/mol. The van der Waals surface area contributed by atoms with Gasteiger partial charge in [-0.3, -0.25) is 9.89 Å². The van der Waals surface area contributed by atoms with Crippen molar-refractivity contribution < 1.29 is 13.5 Å². The number of benzene rings is 1. The average molecular weight is 397 g/mol. The molecule has 0 saturated heterocycles. The average Bonchev–Trinajstić information content (AvgIpc) is 3.15. The number of aryl methyl sites for hydroxylation is 1. The molecule has 0 atom stereocenters. The molecule has 0 radical (unpaired) electrons. The number of hydrogen-bond donors (Lipinski definition) is 3. The number of aromatic nitrogens is 4. The van der Waals surface area contributed by atoms with Crippen LogP contribution in [0.25, 0.3) is 33.1 Å². The zero-order chi connectivity index (χ0) is 20.3. The topological polar surface area (TPSA) is 110 Å². The van der Waals surface area contributed by atoms with Gasteiger partial charge in [0.05, 0.1) is 11.7 Å². The number of nitrogens with one attached hydrogen (secondary N) is 2. The van der Waals surface area contributed by atoms with Crippen LogP contribution in [-0.4, -0.2) is 32.4 Å². The summed E-state index contributed by atoms with van der Waals surface area (Å²) < 4.78 is 33.1. The number of aromatic amines is 2. The van der Waals surface area contributed by atoms with E-state index < -0.39 is 17.5 Å². The number of anilines is 1. The van der Waals surface area contributed by atoms with E-state index in [1.807, 2.05) is 0 Å². The molecule has 9 heteroatoms. The smallest absolute Gasteiger partial charge is 0.272 e. The van der Waals surface area contributed by atoms with Crippen LogP contribution in [0.2, 0.25) is 0 Å². The van der Waals surface area contributed by atoms with Crippen LogP contribution in [0.1, 0.15) is 18.4 Å². The molecule has 0 unspecified atom stereocenters. The first-order valence-corrected chi connectivity index (χ1v) is 9.18. The minimum absolute atomic E-state index is 0.0404. The summed E-state index contributed by atoms with van der Waals surface area (Å²) in [5.41, 5.74) is 8.32. The molecule has 0 aliphatic heterocycles. The number of nitrogens with two attached hydrogens (primary N) is 1. The van der Waals surface area contributed by atoms with Gasteiger partial charge in [0.1, 0.15) is 34.8 Å². The molecule has 3 heterocycles. The predicted molar refractivity (Wildman–Crippen MR) is 105 cm³/mol. The molecule has 4 aromatic rings. The highest BCUT2D eigenvalue weighted by Crippen LogP contribution is 2.37. The standard InChI is InChI=1S/C20H17F2N5O2/c1-8-4-14-18(26-20(8)29-10-5-9(21)6-10)15(16(23)19(28)25-14)11-2-3-13(22)17-12(11)7-24-27-17/h2-4,7,9-10H,5-6,23H2,1H3,(H,24,27)(H,25,28)/t9-,10-. The zero-order valence-electron chi connectivity index (χ0n) is 15.4. The van der Waals surface area contributed by atoms with Gasteiger partial charge in [-0.1, -0.05) is 6.07 Å². The lowest BCUT2D eigenvalue weighted by Crippen LogP contribution is -2.35. The second kappa shape index (κ2) is 6.26. The van der Waals surface area contributed by atoms with Gasteiger partial charge in [-0.25, -0.2) is 13.8 Å². The summed E-state index contributed by atoms with van der Waals surface area (Å²) >= 11 is 0. The highest BCUT2D eigenvalue weighted by Gasteiger charge is 2.31. The lowest BCUT2D eigenvalue weighted by Gasteiger charge is -2.30. The van der Waals surface area contributed by atoms with E-state index in [4.69, 9.17) is 10.5 Å². The zero-order valence-corrected chi connectivity index (χ0v) is 15.4. The maximum Gasteiger partial charge on any atom is 0.272 e. The quantitative estimate of drug-likeness (QED) is 0.491. The van der Waals surface area contributed by atoms with Crippen molar-refractivity contribution in [2.45, 2.75) is 32.0 Å². The summed E-state index contributed by atoms with van der Waals surface area (Å²) in [5, 5.41) is 7.00. The van der Waals surface area contributed by atoms with Crippen LogP contribution >= 0.6 is 0 Å². The number of nitrogen functional groups attached to an aromatic ring is 1. The number of H-pyrrole nitrogens is 2. The second-order valence-corrected chi connectivity index (χ2v) is 7.31. The van der Waals surface area contributed by atoms with E-state index in [9.17, 15) is 13.6 Å². The number of hydrogen-bond acceptors (Lipinski definition) is 5. The molecule has 148 valence electrons. The Hall–Kier alpha value is -3.49. The first-order chi connectivity index (χ1) is 13.9. The molecule has 0 spiro atoms. The van der Waals surface area contributed by atoms with Gasteiger partial charge in [0, 0.05) is 29.4 Å². The largest absolute Gasteiger partial charge is 0.474 e. The third kappa shape index (κ3) is 2.72. The van der Waals surface area contributed by atoms with Gasteiger partial charge in [0.15, 0.2) is 0 Å². The van der Waals surface area contributed by atoms with Crippen LogP contribution < -0.4 is 16.0 Å². The van der Waals surface area contributed by atoms with E-state index in [1.165, 1.54) is 12.3 Å². The molecule has 1 saturated carbocycles. The first-order valence-electron chi connectivity index (χ1n) is 9.18. The molecule has 1 aliphatic carbocycles. The van der Waals surface area contributed by atoms with Crippen molar-refractivity contribution in [2.75, 3.05) is 5.73 Å². The highest BCUT2D eigenvalue weighted by atomic mass is 19.1. The van der Waals surface area contributed by atoms with Gasteiger partial charge in [-0.05, 0) is 24.6 Å². The lowest BCUT2D eigenvalue weighted by atomic mass is 9.93. The Morgan fingerprint density at radius 3 is 2.86 bits per heavy atom. The number of alkyl halides is 1. The SMILES string of the molecule is Cc1cc2[nH]c(=O)c(N)c(-c3ccc(F)c4[nH]ncc34)c2nc1O[C@H]1C[C@H](F)C1. The lowest BCUT2D eigenvalue weighted by molar-refractivity contribution is 0.0375. The number of nitrogens with zero attached hydrogens (tertiary/aromatic N) is 2. The Morgan fingerprint density at radius 2 is 2.10 bits per heavy atom. The van der Waals surface area contributed by atoms with E-state index in [0.29, 0.717) is 51.8 Å². The van der Waals surface area contributed by atoms with Crippen LogP contribution in [0.3, 0.4) is 0 Å². The van der Waals surface area contributed by atoms with Gasteiger partial charge in [-0.2, -0.15) is 5.10 Å². The summed E-state index contributed by atoms with van der Waals surface area (Å²) in [4.78, 5) is 19.8. The van der Waals surface area contributed by atoms with E-state index in [1.54, 1.807) is 19.1 Å². The molecule has 1 aromatic carbocycles. The van der Waals surface area contributed by atoms with E-state index in [0.717, 1.165) is 0 Å². The van der Waals surface area contributed by atoms with Gasteiger partial charge in [0.2, 0.25) is 5.88 Å². The van der Waals surface area contributed by atoms with Gasteiger partial charge < -0.3 is 15.5 Å². The summed E-state index contributed by atoms with van der Waals surface area (Å²) in [7, 11) is 0. The number of pyridine rings is 2. The minimum atomic E-state index is -0.850. The van der Waals surface area contributed by atoms with Crippen molar-refractivity contribution in [3.05, 3.63) is 46.1 Å². The van der Waals surface area contributed by atoms with Gasteiger partial charge >= 0.3 is 0 Å². The maximum absolute atomic E-state index is 14.1. The fourth-order valence-corrected chi connectivity index (χ4v) is 3.68. The maximum atomic E-state index is 14.1. The summed E-state index contributed by atoms with van der Waals surface area (Å²) in [6.45, 7) is 1.80. The summed E-state index contributed by atoms with van der Waals surface area (Å²) in [6.07, 6.45) is 1.04. The van der Waals surface area contributed by atoms with Crippen molar-refractivity contribution in [1.29, 1.82) is 0 Å². The number of fused-ring (bicyclic) bond motifs is 2. The van der Waals surface area contributed by atoms with Crippen LogP contribution in [0, 0.1) is 12.7 Å². The summed E-state index contributed by atoms with van der Waals surface area (Å²) in [6, 6.07) is 4.56. The summed E-state index contributed by atoms with van der Waals surface area (Å²) in [5.74, 6) is -0.111. The molecular formula is C20H17F2N5O2. The Morgan fingerprint density at radius 1 is 1.31 bits per heavy atom. The monoisotopic (exact) mass is 397 g/mol. The molecule has 5 rings (SSSR count). The molecule has 0 amide bonds. The van der Waals surface area contributed by atoms with Gasteiger partial charge in [-0.15, -0.1) is 0 Å². The predicted octanol–water partition coefficient (Wildman–Crippen LogP) is 3.38. The molecule has 29 heavy (non-hydrogen) atoms. The fourth-order valence-electron chi connectivity index (χ4n) is 3.68. The molecule has 1 fully saturated rings. The third-order valence-corrected chi connectivity index (χ3v) is 5.32. The van der Waals surface area contributed by atoms with Crippen molar-refractivity contribution in [1.82, 2.24) is 20.2 Å². The number of halogens is 2. The van der Waals surface area contributed by atoms with Crippen molar-refractivity contribution in [2.24, 2.45) is 0 Å². The van der Waals surface area contributed by atoms with Gasteiger partial charge in [0.25, 0.3) is 5.56 Å². The minimum Gasteiger partial charge on any atom is -0.474 e. The first kappa shape index (κ1) is 17.6. The Bertz CT molecular complexity index is 1320. The Kier molecular flexibility index (Phi) is 3.80. The van der Waals surface area contributed by atoms with E-state index in [2.05, 4.69) is 20.2 Å². The van der Waals surface area contributed by atoms with Crippen LogP contribution in [0.15, 0.2) is 29.2 Å². The Labute approximate surface area is 162 Å². The van der Waals surface area contributed by atoms with Crippen molar-refractivity contribution in [3.8, 4) is 17.0 Å². The third-order valence-electron chi connectivity index (χ3n) is 5.32. The second-order valence-electron chi connectivity index (χ2n) is 7.31. The highest BCUT2D eigenvalue weighted by molar-refractivity contribution is 6.06. The van der Waals surface area contributed by atoms with Crippen LogP contribution in [-0.2, 0) is 0 Å². The van der Waals surface area contributed by atoms with E-state index >= 15 is 0 Å². The van der Waals surface area contributed by atoms with Crippen molar-refractivity contribution in [3.63, 3.8) is 0 Å². The fraction of sp³-hybridized carbons (Fsp3) is 0.250. The number of ether oxygens (including phenoxy) is 1. The molecule has 7 nitrogen and oxygen atoms in total. The van der Waals surface area contributed by atoms with Crippen molar-refractivity contribution >= 4 is 27.6 Å². The molecule has 4 N–H and O–H groups in total. The van der Waals surface area contributed by atoms with Crippen LogP contribution in [0.5, 0.6) is 5.88 Å². The number of rotatable bonds is 3. The Balaban J connectivity index is 1.77. The normalized spacial score (nSPS) is 18.9. The molecule has 3 aromatic heterocycles. The van der Waals surface area contributed by atoms with E-state index in [-0.39, 0.29) is 17.3 Å². The van der Waals surface area contributed by atoms with Crippen LogP contribution in [0.4, 0.5) is 14.5 Å². The molecule has 0 bridgehead atoms. The molecule has 1 aliphatic rings.